The molecule has 4 N–H and O–H groups in total. The topological polar surface area (TPSA) is 98.0 Å². The van der Waals surface area contributed by atoms with Crippen molar-refractivity contribution in [3.63, 3.8) is 0 Å². The molecule has 0 aliphatic carbocycles. The van der Waals surface area contributed by atoms with Gasteiger partial charge in [-0.1, -0.05) is 50.5 Å². The fraction of sp³-hybridized carbons (Fsp3) is 0.722. The fourth-order valence-corrected chi connectivity index (χ4v) is 2.19. The number of aliphatic hydroxyl groups excluding tert-OH is 3. The van der Waals surface area contributed by atoms with E-state index in [1.54, 1.807) is 6.08 Å². The molecular weight excluding hydrogens is 296 g/mol. The summed E-state index contributed by atoms with van der Waals surface area (Å²) in [5.74, 6) is -0.743. The minimum absolute atomic E-state index is 0.236. The third-order valence-electron chi connectivity index (χ3n) is 3.62. The van der Waals surface area contributed by atoms with Crippen LogP contribution in [-0.2, 0) is 4.79 Å². The number of rotatable bonds is 14. The Morgan fingerprint density at radius 1 is 0.957 bits per heavy atom. The van der Waals surface area contributed by atoms with Gasteiger partial charge in [0, 0.05) is 6.42 Å². The maximum Gasteiger partial charge on any atom is 0.303 e. The van der Waals surface area contributed by atoms with Gasteiger partial charge in [0.1, 0.15) is 12.2 Å². The SMILES string of the molecule is CC/C=C\C[C@H](O)[C@H](O)[C@@H](O)/C=C\CCCCCCCC(=O)O. The van der Waals surface area contributed by atoms with Crippen molar-refractivity contribution in [1.29, 1.82) is 0 Å². The smallest absolute Gasteiger partial charge is 0.303 e. The minimum Gasteiger partial charge on any atom is -0.481 e. The van der Waals surface area contributed by atoms with Gasteiger partial charge in [-0.2, -0.15) is 0 Å². The number of hydrogen-bond donors (Lipinski definition) is 4. The van der Waals surface area contributed by atoms with Crippen molar-refractivity contribution in [2.75, 3.05) is 0 Å². The lowest BCUT2D eigenvalue weighted by atomic mass is 10.0. The van der Waals surface area contributed by atoms with E-state index in [1.165, 1.54) is 6.08 Å². The van der Waals surface area contributed by atoms with Crippen molar-refractivity contribution in [1.82, 2.24) is 0 Å². The van der Waals surface area contributed by atoms with E-state index in [9.17, 15) is 20.1 Å². The first-order chi connectivity index (χ1) is 11.0. The first-order valence-electron chi connectivity index (χ1n) is 8.56. The van der Waals surface area contributed by atoms with Crippen LogP contribution in [0.5, 0.6) is 0 Å². The molecule has 0 bridgehead atoms. The van der Waals surface area contributed by atoms with Gasteiger partial charge in [0.15, 0.2) is 0 Å². The number of aliphatic carboxylic acids is 1. The molecule has 0 rings (SSSR count). The Kier molecular flexibility index (Phi) is 13.7. The van der Waals surface area contributed by atoms with E-state index in [0.29, 0.717) is 6.42 Å². The summed E-state index contributed by atoms with van der Waals surface area (Å²) in [6, 6.07) is 0. The average molecular weight is 328 g/mol. The fourth-order valence-electron chi connectivity index (χ4n) is 2.19. The highest BCUT2D eigenvalue weighted by Crippen LogP contribution is 2.10. The lowest BCUT2D eigenvalue weighted by molar-refractivity contribution is -0.137. The largest absolute Gasteiger partial charge is 0.481 e. The Bertz CT molecular complexity index is 351. The van der Waals surface area contributed by atoms with Gasteiger partial charge in [-0.15, -0.1) is 0 Å². The van der Waals surface area contributed by atoms with Crippen LogP contribution in [0.1, 0.15) is 64.7 Å². The van der Waals surface area contributed by atoms with Gasteiger partial charge in [0.2, 0.25) is 0 Å². The van der Waals surface area contributed by atoms with Gasteiger partial charge in [-0.3, -0.25) is 4.79 Å². The lowest BCUT2D eigenvalue weighted by Crippen LogP contribution is -2.35. The molecule has 0 amide bonds. The second-order valence-electron chi connectivity index (χ2n) is 5.79. The predicted molar refractivity (Wildman–Crippen MR) is 91.2 cm³/mol. The molecule has 3 atom stereocenters. The Balaban J connectivity index is 3.72. The van der Waals surface area contributed by atoms with Gasteiger partial charge in [-0.25, -0.2) is 0 Å². The molecule has 0 saturated heterocycles. The van der Waals surface area contributed by atoms with Crippen LogP contribution in [0.25, 0.3) is 0 Å². The molecule has 0 aliphatic heterocycles. The van der Waals surface area contributed by atoms with Crippen molar-refractivity contribution in [3.05, 3.63) is 24.3 Å². The summed E-state index contributed by atoms with van der Waals surface area (Å²) >= 11 is 0. The highest BCUT2D eigenvalue weighted by molar-refractivity contribution is 5.66. The number of hydrogen-bond acceptors (Lipinski definition) is 4. The van der Waals surface area contributed by atoms with Crippen LogP contribution in [0.2, 0.25) is 0 Å². The van der Waals surface area contributed by atoms with Crippen molar-refractivity contribution >= 4 is 5.97 Å². The molecule has 0 spiro atoms. The number of allylic oxidation sites excluding steroid dienone is 2. The van der Waals surface area contributed by atoms with Gasteiger partial charge in [0.05, 0.1) is 6.10 Å². The summed E-state index contributed by atoms with van der Waals surface area (Å²) in [5.41, 5.74) is 0. The van der Waals surface area contributed by atoms with Crippen molar-refractivity contribution in [3.8, 4) is 0 Å². The molecule has 0 aromatic carbocycles. The van der Waals surface area contributed by atoms with Crippen molar-refractivity contribution in [2.45, 2.75) is 83.0 Å². The van der Waals surface area contributed by atoms with E-state index in [2.05, 4.69) is 0 Å². The average Bonchev–Trinajstić information content (AvgIpc) is 2.52. The summed E-state index contributed by atoms with van der Waals surface area (Å²) < 4.78 is 0. The summed E-state index contributed by atoms with van der Waals surface area (Å²) in [5, 5.41) is 37.8. The predicted octanol–water partition coefficient (Wildman–Crippen LogP) is 2.80. The van der Waals surface area contributed by atoms with Crippen molar-refractivity contribution < 1.29 is 25.2 Å². The quantitative estimate of drug-likeness (QED) is 0.290. The Morgan fingerprint density at radius 3 is 2.26 bits per heavy atom. The van der Waals surface area contributed by atoms with Crippen LogP contribution in [0, 0.1) is 0 Å². The maximum atomic E-state index is 10.3. The zero-order valence-electron chi connectivity index (χ0n) is 14.1. The van der Waals surface area contributed by atoms with Crippen LogP contribution in [-0.4, -0.2) is 44.7 Å². The van der Waals surface area contributed by atoms with Crippen LogP contribution in [0.15, 0.2) is 24.3 Å². The first-order valence-corrected chi connectivity index (χ1v) is 8.56. The number of carboxylic acids is 1. The standard InChI is InChI=1S/C18H32O5/c1-2-3-9-12-15(19)18(23)16(20)13-10-7-5-4-6-8-11-14-17(21)22/h3,9-10,13,15-16,18-20,23H,2,4-8,11-12,14H2,1H3,(H,21,22)/b9-3-,13-10-/t15-,16-,18-/m0/s1. The third kappa shape index (κ3) is 13.0. The molecule has 134 valence electrons. The number of unbranched alkanes of at least 4 members (excludes halogenated alkanes) is 5. The van der Waals surface area contributed by atoms with Gasteiger partial charge < -0.3 is 20.4 Å². The first kappa shape index (κ1) is 21.8. The van der Waals surface area contributed by atoms with Crippen LogP contribution >= 0.6 is 0 Å². The molecule has 0 aliphatic rings. The second kappa shape index (κ2) is 14.4. The van der Waals surface area contributed by atoms with Gasteiger partial charge >= 0.3 is 5.97 Å². The molecule has 0 unspecified atom stereocenters. The monoisotopic (exact) mass is 328 g/mol. The molecule has 0 fully saturated rings. The molecule has 0 saturated carbocycles. The van der Waals surface area contributed by atoms with Crippen LogP contribution < -0.4 is 0 Å². The minimum atomic E-state index is -1.18. The molecule has 0 heterocycles. The zero-order valence-corrected chi connectivity index (χ0v) is 14.1. The lowest BCUT2D eigenvalue weighted by Gasteiger charge is -2.19. The molecule has 0 aromatic heterocycles. The van der Waals surface area contributed by atoms with E-state index >= 15 is 0 Å². The maximum absolute atomic E-state index is 10.3. The second-order valence-corrected chi connectivity index (χ2v) is 5.79. The summed E-state index contributed by atoms with van der Waals surface area (Å²) in [4.78, 5) is 10.3. The van der Waals surface area contributed by atoms with E-state index in [1.807, 2.05) is 19.1 Å². The highest BCUT2D eigenvalue weighted by Gasteiger charge is 2.21. The normalized spacial score (nSPS) is 16.0. The molecule has 23 heavy (non-hydrogen) atoms. The van der Waals surface area contributed by atoms with Gasteiger partial charge in [0.25, 0.3) is 0 Å². The Hall–Kier alpha value is -1.17. The summed E-state index contributed by atoms with van der Waals surface area (Å²) in [7, 11) is 0. The van der Waals surface area contributed by atoms with E-state index in [-0.39, 0.29) is 6.42 Å². The Labute approximate surface area is 139 Å². The van der Waals surface area contributed by atoms with Gasteiger partial charge in [-0.05, 0) is 32.1 Å². The molecule has 0 radical (unpaired) electrons. The van der Waals surface area contributed by atoms with E-state index in [4.69, 9.17) is 5.11 Å². The van der Waals surface area contributed by atoms with E-state index in [0.717, 1.165) is 44.9 Å². The van der Waals surface area contributed by atoms with Crippen molar-refractivity contribution in [2.24, 2.45) is 0 Å². The Morgan fingerprint density at radius 2 is 1.61 bits per heavy atom. The molecule has 5 nitrogen and oxygen atoms in total. The number of aliphatic hydroxyl groups is 3. The molecular formula is C18H32O5. The van der Waals surface area contributed by atoms with Crippen LogP contribution in [0.3, 0.4) is 0 Å². The highest BCUT2D eigenvalue weighted by atomic mass is 16.4. The zero-order chi connectivity index (χ0) is 17.5. The van der Waals surface area contributed by atoms with Crippen LogP contribution in [0.4, 0.5) is 0 Å². The third-order valence-corrected chi connectivity index (χ3v) is 3.62. The molecule has 5 heteroatoms. The number of carboxylic acid groups (broad SMARTS) is 1. The molecule has 0 aromatic rings. The summed E-state index contributed by atoms with van der Waals surface area (Å²) in [6.45, 7) is 1.99. The number of carbonyl (C=O) groups is 1. The summed E-state index contributed by atoms with van der Waals surface area (Å²) in [6.07, 6.45) is 10.7. The van der Waals surface area contributed by atoms with E-state index < -0.39 is 24.3 Å².